The second-order valence-electron chi connectivity index (χ2n) is 6.28. The molecule has 2 aromatic rings. The molecule has 0 atom stereocenters. The first-order valence-electron chi connectivity index (χ1n) is 8.08. The average molecular weight is 325 g/mol. The number of benzene rings is 1. The molecule has 1 N–H and O–H groups in total. The van der Waals surface area contributed by atoms with E-state index in [2.05, 4.69) is 24.5 Å². The second-order valence-corrected chi connectivity index (χ2v) is 6.28. The maximum Gasteiger partial charge on any atom is 0.257 e. The van der Waals surface area contributed by atoms with Crippen LogP contribution in [-0.4, -0.2) is 35.5 Å². The lowest BCUT2D eigenvalue weighted by Gasteiger charge is -2.35. The first-order chi connectivity index (χ1) is 11.7. The molecule has 1 amide bonds. The molecule has 2 aliphatic rings. The number of aliphatic imine (C=N–C) groups is 1. The first kappa shape index (κ1) is 15.0. The van der Waals surface area contributed by atoms with Gasteiger partial charge in [0.25, 0.3) is 5.91 Å². The van der Waals surface area contributed by atoms with Gasteiger partial charge in [0.05, 0.1) is 11.8 Å². The molecule has 1 aromatic carbocycles. The Morgan fingerprint density at radius 1 is 1.21 bits per heavy atom. The first-order valence-corrected chi connectivity index (χ1v) is 8.08. The van der Waals surface area contributed by atoms with Gasteiger partial charge in [-0.1, -0.05) is 29.8 Å². The molecule has 6 heteroatoms. The van der Waals surface area contributed by atoms with Crippen molar-refractivity contribution in [3.63, 3.8) is 0 Å². The average Bonchev–Trinajstić information content (AvgIpc) is 3.26. The summed E-state index contributed by atoms with van der Waals surface area (Å²) in [5.74, 6) is 0.747. The van der Waals surface area contributed by atoms with E-state index in [0.717, 1.165) is 11.4 Å². The van der Waals surface area contributed by atoms with Gasteiger partial charge in [-0.15, -0.1) is 0 Å². The van der Waals surface area contributed by atoms with Gasteiger partial charge in [0.15, 0.2) is 11.6 Å². The molecule has 124 valence electrons. The Labute approximate surface area is 140 Å². The quantitative estimate of drug-likeness (QED) is 0.921. The van der Waals surface area contributed by atoms with E-state index in [9.17, 15) is 4.79 Å². The molecular formula is C18H19N3O3. The van der Waals surface area contributed by atoms with Crippen molar-refractivity contribution in [3.05, 3.63) is 59.5 Å². The van der Waals surface area contributed by atoms with Crippen LogP contribution in [-0.2, 0) is 4.84 Å². The minimum atomic E-state index is -0.576. The zero-order valence-electron chi connectivity index (χ0n) is 13.5. The highest BCUT2D eigenvalue weighted by molar-refractivity contribution is 5.99. The number of nitrogens with zero attached hydrogens (tertiary/aromatic N) is 2. The van der Waals surface area contributed by atoms with Gasteiger partial charge in [0, 0.05) is 31.5 Å². The van der Waals surface area contributed by atoms with Crippen molar-refractivity contribution in [1.29, 1.82) is 0 Å². The van der Waals surface area contributed by atoms with Gasteiger partial charge in [-0.05, 0) is 13.0 Å². The molecule has 0 radical (unpaired) electrons. The Kier molecular flexibility index (Phi) is 3.61. The summed E-state index contributed by atoms with van der Waals surface area (Å²) in [5, 5.41) is 0. The van der Waals surface area contributed by atoms with E-state index in [-0.39, 0.29) is 5.91 Å². The van der Waals surface area contributed by atoms with Crippen molar-refractivity contribution in [2.45, 2.75) is 25.5 Å². The van der Waals surface area contributed by atoms with Gasteiger partial charge in [-0.3, -0.25) is 4.79 Å². The third-order valence-electron chi connectivity index (χ3n) is 4.58. The number of hydroxylamine groups is 1. The lowest BCUT2D eigenvalue weighted by atomic mass is 10.0. The number of piperidine rings is 1. The van der Waals surface area contributed by atoms with Crippen molar-refractivity contribution in [1.82, 2.24) is 10.4 Å². The van der Waals surface area contributed by atoms with Gasteiger partial charge >= 0.3 is 0 Å². The molecular weight excluding hydrogens is 306 g/mol. The summed E-state index contributed by atoms with van der Waals surface area (Å²) in [4.78, 5) is 24.7. The summed E-state index contributed by atoms with van der Waals surface area (Å²) >= 11 is 0. The van der Waals surface area contributed by atoms with Crippen molar-refractivity contribution in [2.75, 3.05) is 13.1 Å². The Bertz CT molecular complexity index is 757. The predicted octanol–water partition coefficient (Wildman–Crippen LogP) is 2.50. The molecule has 1 fully saturated rings. The van der Waals surface area contributed by atoms with E-state index in [0.29, 0.717) is 31.5 Å². The van der Waals surface area contributed by atoms with Crippen LogP contribution in [0.4, 0.5) is 0 Å². The smallest absolute Gasteiger partial charge is 0.257 e. The van der Waals surface area contributed by atoms with Crippen molar-refractivity contribution in [3.8, 4) is 0 Å². The highest BCUT2D eigenvalue weighted by Crippen LogP contribution is 2.31. The molecule has 24 heavy (non-hydrogen) atoms. The molecule has 0 saturated carbocycles. The maximum atomic E-state index is 12.4. The molecule has 1 spiro atoms. The van der Waals surface area contributed by atoms with E-state index >= 15 is 0 Å². The van der Waals surface area contributed by atoms with Crippen LogP contribution in [0.25, 0.3) is 0 Å². The number of rotatable bonds is 2. The van der Waals surface area contributed by atoms with Gasteiger partial charge in [-0.2, -0.15) is 0 Å². The fourth-order valence-electron chi connectivity index (χ4n) is 3.07. The highest BCUT2D eigenvalue weighted by Gasteiger charge is 2.41. The molecule has 0 bridgehead atoms. The van der Waals surface area contributed by atoms with Crippen LogP contribution >= 0.6 is 0 Å². The van der Waals surface area contributed by atoms with E-state index in [1.807, 2.05) is 17.0 Å². The zero-order chi connectivity index (χ0) is 16.6. The van der Waals surface area contributed by atoms with Gasteiger partial charge in [0.1, 0.15) is 6.26 Å². The molecule has 3 heterocycles. The number of furan rings is 1. The van der Waals surface area contributed by atoms with Crippen molar-refractivity contribution < 1.29 is 14.0 Å². The van der Waals surface area contributed by atoms with Crippen LogP contribution in [0, 0.1) is 6.92 Å². The maximum absolute atomic E-state index is 12.4. The number of amides is 1. The zero-order valence-corrected chi connectivity index (χ0v) is 13.5. The van der Waals surface area contributed by atoms with Crippen molar-refractivity contribution >= 4 is 11.7 Å². The number of nitrogens with one attached hydrogen (secondary N) is 1. The molecule has 4 rings (SSSR count). The molecule has 6 nitrogen and oxygen atoms in total. The Morgan fingerprint density at radius 2 is 1.96 bits per heavy atom. The summed E-state index contributed by atoms with van der Waals surface area (Å²) in [5.41, 5.74) is 5.18. The monoisotopic (exact) mass is 325 g/mol. The number of carbonyl (C=O) groups excluding carboxylic acids is 1. The highest BCUT2D eigenvalue weighted by atomic mass is 16.7. The summed E-state index contributed by atoms with van der Waals surface area (Å²) in [6.45, 7) is 3.27. The predicted molar refractivity (Wildman–Crippen MR) is 88.5 cm³/mol. The minimum Gasteiger partial charge on any atom is -0.472 e. The van der Waals surface area contributed by atoms with Crippen LogP contribution in [0.15, 0.2) is 52.3 Å². The normalized spacial score (nSPS) is 19.2. The number of aryl methyl sites for hydroxylation is 1. The Morgan fingerprint density at radius 3 is 2.62 bits per heavy atom. The van der Waals surface area contributed by atoms with Crippen LogP contribution in [0.5, 0.6) is 0 Å². The summed E-state index contributed by atoms with van der Waals surface area (Å²) < 4.78 is 4.99. The van der Waals surface area contributed by atoms with Crippen LogP contribution < -0.4 is 5.48 Å². The third kappa shape index (κ3) is 2.69. The van der Waals surface area contributed by atoms with Gasteiger partial charge < -0.3 is 9.32 Å². The Balaban J connectivity index is 1.45. The van der Waals surface area contributed by atoms with Gasteiger partial charge in [0.2, 0.25) is 0 Å². The lowest BCUT2D eigenvalue weighted by Crippen LogP contribution is -2.46. The fraction of sp³-hybridized carbons (Fsp3) is 0.333. The number of amidine groups is 1. The molecule has 0 aliphatic carbocycles. The molecule has 2 aliphatic heterocycles. The lowest BCUT2D eigenvalue weighted by molar-refractivity contribution is -0.0849. The Hall–Kier alpha value is -2.60. The number of carbonyl (C=O) groups is 1. The summed E-state index contributed by atoms with van der Waals surface area (Å²) in [6, 6.07) is 9.85. The van der Waals surface area contributed by atoms with E-state index < -0.39 is 5.72 Å². The number of likely N-dealkylation sites (tertiary alicyclic amines) is 1. The minimum absolute atomic E-state index is 0.00714. The third-order valence-corrected chi connectivity index (χ3v) is 4.58. The SMILES string of the molecule is Cc1ccc(C2=NC3(CCN(C(=O)c4ccoc4)CC3)ON2)cc1. The molecule has 0 unspecified atom stereocenters. The standard InChI is InChI=1S/C18H19N3O3/c1-13-2-4-14(5-3-13)16-19-18(24-20-16)7-9-21(10-8-18)17(22)15-6-11-23-12-15/h2-6,11-12H,7-10H2,1H3,(H,19,20). The van der Waals surface area contributed by atoms with Crippen LogP contribution in [0.3, 0.4) is 0 Å². The molecule has 1 aromatic heterocycles. The van der Waals surface area contributed by atoms with Crippen molar-refractivity contribution in [2.24, 2.45) is 4.99 Å². The van der Waals surface area contributed by atoms with Gasteiger partial charge in [-0.25, -0.2) is 15.3 Å². The van der Waals surface area contributed by atoms with Crippen LogP contribution in [0.1, 0.15) is 34.3 Å². The summed E-state index contributed by atoms with van der Waals surface area (Å²) in [7, 11) is 0. The second kappa shape index (κ2) is 5.79. The largest absolute Gasteiger partial charge is 0.472 e. The number of hydrogen-bond acceptors (Lipinski definition) is 5. The molecule has 1 saturated heterocycles. The number of hydrogen-bond donors (Lipinski definition) is 1. The topological polar surface area (TPSA) is 67.1 Å². The summed E-state index contributed by atoms with van der Waals surface area (Å²) in [6.07, 6.45) is 4.33. The fourth-order valence-corrected chi connectivity index (χ4v) is 3.07. The van der Waals surface area contributed by atoms with Crippen LogP contribution in [0.2, 0.25) is 0 Å². The van der Waals surface area contributed by atoms with E-state index in [1.165, 1.54) is 18.1 Å². The van der Waals surface area contributed by atoms with E-state index in [4.69, 9.17) is 14.2 Å². The van der Waals surface area contributed by atoms with E-state index in [1.54, 1.807) is 6.07 Å².